The Morgan fingerprint density at radius 2 is 1.83 bits per heavy atom. The van der Waals surface area contributed by atoms with E-state index >= 15 is 0 Å². The number of hydrogen-bond acceptors (Lipinski definition) is 5. The number of carbonyl (C=O) groups excluding carboxylic acids is 2. The molecule has 0 fully saturated rings. The number of rotatable bonds is 7. The Hall–Kier alpha value is -3.12. The van der Waals surface area contributed by atoms with Gasteiger partial charge >= 0.3 is 5.97 Å². The van der Waals surface area contributed by atoms with Crippen molar-refractivity contribution in [1.29, 1.82) is 0 Å². The molecule has 3 rings (SSSR count). The molecule has 0 saturated heterocycles. The van der Waals surface area contributed by atoms with Gasteiger partial charge in [0, 0.05) is 16.4 Å². The molecule has 5 nitrogen and oxygen atoms in total. The lowest BCUT2D eigenvalue weighted by molar-refractivity contribution is 0.0528. The van der Waals surface area contributed by atoms with Crippen LogP contribution in [0.25, 0.3) is 0 Å². The zero-order valence-electron chi connectivity index (χ0n) is 16.6. The summed E-state index contributed by atoms with van der Waals surface area (Å²) in [5.41, 5.74) is 1.95. The van der Waals surface area contributed by atoms with Crippen molar-refractivity contribution < 1.29 is 19.1 Å². The number of nitrogens with one attached hydrogen (secondary N) is 1. The van der Waals surface area contributed by atoms with Crippen molar-refractivity contribution in [2.24, 2.45) is 0 Å². The van der Waals surface area contributed by atoms with Crippen LogP contribution in [0.15, 0.2) is 60.7 Å². The largest absolute Gasteiger partial charge is 0.497 e. The van der Waals surface area contributed by atoms with Crippen molar-refractivity contribution in [2.75, 3.05) is 19.0 Å². The van der Waals surface area contributed by atoms with Crippen molar-refractivity contribution in [3.63, 3.8) is 0 Å². The highest BCUT2D eigenvalue weighted by atomic mass is 32.1. The van der Waals surface area contributed by atoms with Crippen molar-refractivity contribution >= 4 is 28.2 Å². The number of anilines is 1. The highest BCUT2D eigenvalue weighted by Crippen LogP contribution is 2.36. The Kier molecular flexibility index (Phi) is 6.67. The van der Waals surface area contributed by atoms with Gasteiger partial charge in [-0.2, -0.15) is 0 Å². The molecule has 3 aromatic rings. The van der Waals surface area contributed by atoms with Crippen LogP contribution in [-0.4, -0.2) is 25.6 Å². The third-order valence-corrected chi connectivity index (χ3v) is 5.77. The molecule has 1 atom stereocenters. The van der Waals surface area contributed by atoms with Crippen LogP contribution in [0.1, 0.15) is 50.9 Å². The molecule has 1 amide bonds. The zero-order valence-corrected chi connectivity index (χ0v) is 17.4. The molecule has 0 unspecified atom stereocenters. The minimum atomic E-state index is -0.448. The fourth-order valence-corrected chi connectivity index (χ4v) is 4.04. The molecule has 0 spiro atoms. The molecule has 1 aromatic heterocycles. The Morgan fingerprint density at radius 3 is 2.52 bits per heavy atom. The Balaban J connectivity index is 1.92. The first-order valence-corrected chi connectivity index (χ1v) is 10.2. The van der Waals surface area contributed by atoms with E-state index in [1.807, 2.05) is 36.4 Å². The van der Waals surface area contributed by atoms with E-state index in [1.165, 1.54) is 11.3 Å². The lowest BCUT2D eigenvalue weighted by Gasteiger charge is -2.09. The maximum absolute atomic E-state index is 12.8. The van der Waals surface area contributed by atoms with Gasteiger partial charge in [0.15, 0.2) is 0 Å². The monoisotopic (exact) mass is 409 g/mol. The molecule has 0 aliphatic carbocycles. The second kappa shape index (κ2) is 9.39. The molecule has 2 aromatic carbocycles. The van der Waals surface area contributed by atoms with E-state index < -0.39 is 5.97 Å². The summed E-state index contributed by atoms with van der Waals surface area (Å²) in [6, 6.07) is 18.7. The van der Waals surface area contributed by atoms with Crippen LogP contribution in [0.5, 0.6) is 5.75 Å². The number of ether oxygens (including phenoxy) is 2. The number of esters is 1. The number of methoxy groups -OCH3 is 1. The molecule has 1 heterocycles. The minimum Gasteiger partial charge on any atom is -0.497 e. The van der Waals surface area contributed by atoms with Gasteiger partial charge in [-0.05, 0) is 36.8 Å². The van der Waals surface area contributed by atoms with Crippen LogP contribution in [0, 0.1) is 0 Å². The molecular weight excluding hydrogens is 386 g/mol. The smallest absolute Gasteiger partial charge is 0.341 e. The number of amides is 1. The Labute approximate surface area is 174 Å². The van der Waals surface area contributed by atoms with Gasteiger partial charge in [0.1, 0.15) is 10.8 Å². The van der Waals surface area contributed by atoms with Gasteiger partial charge in [-0.25, -0.2) is 4.79 Å². The average molecular weight is 410 g/mol. The summed E-state index contributed by atoms with van der Waals surface area (Å²) in [6.07, 6.45) is 0. The molecule has 29 heavy (non-hydrogen) atoms. The Bertz CT molecular complexity index is 997. The molecule has 6 heteroatoms. The summed E-state index contributed by atoms with van der Waals surface area (Å²) in [5.74, 6) is -0.0869. The van der Waals surface area contributed by atoms with E-state index in [9.17, 15) is 9.59 Å². The summed E-state index contributed by atoms with van der Waals surface area (Å²) >= 11 is 1.39. The summed E-state index contributed by atoms with van der Waals surface area (Å²) in [6.45, 7) is 4.09. The SMILES string of the molecule is CCOC(=O)c1cc([C@H](C)c2ccccc2)sc1NC(=O)c1cccc(OC)c1. The number of hydrogen-bond donors (Lipinski definition) is 1. The number of benzene rings is 2. The lowest BCUT2D eigenvalue weighted by Crippen LogP contribution is -2.14. The summed E-state index contributed by atoms with van der Waals surface area (Å²) in [4.78, 5) is 26.2. The molecule has 0 saturated carbocycles. The molecular formula is C23H23NO4S. The molecule has 0 aliphatic heterocycles. The van der Waals surface area contributed by atoms with Gasteiger partial charge in [-0.1, -0.05) is 43.3 Å². The van der Waals surface area contributed by atoms with Crippen molar-refractivity contribution in [2.45, 2.75) is 19.8 Å². The van der Waals surface area contributed by atoms with Gasteiger partial charge in [-0.3, -0.25) is 4.79 Å². The predicted octanol–water partition coefficient (Wildman–Crippen LogP) is 5.34. The second-order valence-electron chi connectivity index (χ2n) is 6.43. The summed E-state index contributed by atoms with van der Waals surface area (Å²) in [5, 5.41) is 3.35. The normalized spacial score (nSPS) is 11.6. The van der Waals surface area contributed by atoms with Gasteiger partial charge in [0.25, 0.3) is 5.91 Å². The topological polar surface area (TPSA) is 64.6 Å². The van der Waals surface area contributed by atoms with Crippen LogP contribution in [0.3, 0.4) is 0 Å². The molecule has 0 bridgehead atoms. The number of carbonyl (C=O) groups is 2. The van der Waals surface area contributed by atoms with E-state index in [4.69, 9.17) is 9.47 Å². The first-order chi connectivity index (χ1) is 14.0. The first-order valence-electron chi connectivity index (χ1n) is 9.34. The molecule has 0 aliphatic rings. The zero-order chi connectivity index (χ0) is 20.8. The highest BCUT2D eigenvalue weighted by Gasteiger charge is 2.22. The van der Waals surface area contributed by atoms with E-state index in [1.54, 1.807) is 38.3 Å². The third-order valence-electron chi connectivity index (χ3n) is 4.53. The molecule has 0 radical (unpaired) electrons. The van der Waals surface area contributed by atoms with Crippen LogP contribution in [0.4, 0.5) is 5.00 Å². The predicted molar refractivity (Wildman–Crippen MR) is 115 cm³/mol. The van der Waals surface area contributed by atoms with Crippen molar-refractivity contribution in [3.8, 4) is 5.75 Å². The minimum absolute atomic E-state index is 0.0804. The third kappa shape index (κ3) is 4.84. The van der Waals surface area contributed by atoms with Gasteiger partial charge in [0.2, 0.25) is 0 Å². The second-order valence-corrected chi connectivity index (χ2v) is 7.51. The summed E-state index contributed by atoms with van der Waals surface area (Å²) < 4.78 is 10.4. The van der Waals surface area contributed by atoms with Crippen LogP contribution < -0.4 is 10.1 Å². The van der Waals surface area contributed by atoms with Crippen LogP contribution >= 0.6 is 11.3 Å². The quantitative estimate of drug-likeness (QED) is 0.535. The van der Waals surface area contributed by atoms with Gasteiger partial charge in [-0.15, -0.1) is 11.3 Å². The standard InChI is InChI=1S/C23H23NO4S/c1-4-28-23(26)19-14-20(15(2)16-9-6-5-7-10-16)29-22(19)24-21(25)17-11-8-12-18(13-17)27-3/h5-15H,4H2,1-3H3,(H,24,25)/t15-/m1/s1. The van der Waals surface area contributed by atoms with E-state index in [0.717, 1.165) is 10.4 Å². The van der Waals surface area contributed by atoms with Crippen LogP contribution in [0.2, 0.25) is 0 Å². The van der Waals surface area contributed by atoms with E-state index in [2.05, 4.69) is 12.2 Å². The molecule has 1 N–H and O–H groups in total. The van der Waals surface area contributed by atoms with Crippen molar-refractivity contribution in [3.05, 3.63) is 82.2 Å². The highest BCUT2D eigenvalue weighted by molar-refractivity contribution is 7.16. The molecule has 150 valence electrons. The fraction of sp³-hybridized carbons (Fsp3) is 0.217. The van der Waals surface area contributed by atoms with E-state index in [-0.39, 0.29) is 18.4 Å². The van der Waals surface area contributed by atoms with Crippen molar-refractivity contribution in [1.82, 2.24) is 0 Å². The van der Waals surface area contributed by atoms with E-state index in [0.29, 0.717) is 21.9 Å². The summed E-state index contributed by atoms with van der Waals surface area (Å²) in [7, 11) is 1.55. The average Bonchev–Trinajstić information content (AvgIpc) is 3.17. The lowest BCUT2D eigenvalue weighted by atomic mass is 9.99. The maximum Gasteiger partial charge on any atom is 0.341 e. The fourth-order valence-electron chi connectivity index (χ4n) is 2.92. The van der Waals surface area contributed by atoms with Crippen LogP contribution in [-0.2, 0) is 4.74 Å². The van der Waals surface area contributed by atoms with Gasteiger partial charge < -0.3 is 14.8 Å². The Morgan fingerprint density at radius 1 is 1.07 bits per heavy atom. The van der Waals surface area contributed by atoms with Gasteiger partial charge in [0.05, 0.1) is 19.3 Å². The first kappa shape index (κ1) is 20.6. The maximum atomic E-state index is 12.8. The number of thiophene rings is 1.